The van der Waals surface area contributed by atoms with Crippen LogP contribution in [-0.2, 0) is 10.3 Å². The highest BCUT2D eigenvalue weighted by Gasteiger charge is 2.49. The van der Waals surface area contributed by atoms with Crippen LogP contribution in [0.4, 0.5) is 5.69 Å². The van der Waals surface area contributed by atoms with Gasteiger partial charge in [-0.1, -0.05) is 30.3 Å². The van der Waals surface area contributed by atoms with E-state index in [0.29, 0.717) is 74.8 Å². The third-order valence-electron chi connectivity index (χ3n) is 8.09. The lowest BCUT2D eigenvalue weighted by atomic mass is 9.69. The number of ketones is 1. The van der Waals surface area contributed by atoms with Crippen LogP contribution in [0, 0.1) is 18.4 Å². The summed E-state index contributed by atoms with van der Waals surface area (Å²) in [7, 11) is 0. The second-order valence-electron chi connectivity index (χ2n) is 10.6. The van der Waals surface area contributed by atoms with Crippen molar-refractivity contribution >= 4 is 38.8 Å². The Morgan fingerprint density at radius 3 is 2.49 bits per heavy atom. The van der Waals surface area contributed by atoms with Crippen molar-refractivity contribution in [3.05, 3.63) is 87.8 Å². The first-order chi connectivity index (χ1) is 19.7. The SMILES string of the molecule is Cc1cc(Oc2ccccc2)ccc1C1(N)C(=O)C(N)c2c(C(=O)NC3CCN(C#N)CC3)sc3c(N)ccc1c23. The molecule has 1 fully saturated rings. The molecule has 0 spiro atoms. The first kappa shape index (κ1) is 26.8. The molecule has 1 aromatic heterocycles. The fraction of sp³-hybridized carbons (Fsp3) is 0.258. The molecular formula is C31H30N6O3S. The summed E-state index contributed by atoms with van der Waals surface area (Å²) in [6, 6.07) is 17.2. The van der Waals surface area contributed by atoms with E-state index in [2.05, 4.69) is 11.5 Å². The Morgan fingerprint density at radius 1 is 1.10 bits per heavy atom. The summed E-state index contributed by atoms with van der Waals surface area (Å²) in [5, 5.41) is 12.9. The molecule has 2 aliphatic rings. The quantitative estimate of drug-likeness (QED) is 0.208. The molecule has 2 atom stereocenters. The van der Waals surface area contributed by atoms with Crippen LogP contribution in [0.25, 0.3) is 10.1 Å². The van der Waals surface area contributed by atoms with Gasteiger partial charge in [-0.05, 0) is 66.8 Å². The number of para-hydroxylation sites is 1. The number of nitrogens with zero attached hydrogens (tertiary/aromatic N) is 2. The number of aryl methyl sites for hydroxylation is 1. The molecule has 4 aromatic rings. The maximum atomic E-state index is 14.1. The number of piperidine rings is 1. The molecule has 3 aromatic carbocycles. The number of rotatable bonds is 5. The van der Waals surface area contributed by atoms with Crippen molar-refractivity contribution in [2.75, 3.05) is 18.8 Å². The van der Waals surface area contributed by atoms with Crippen molar-refractivity contribution in [1.82, 2.24) is 10.2 Å². The summed E-state index contributed by atoms with van der Waals surface area (Å²) >= 11 is 1.23. The van der Waals surface area contributed by atoms with Gasteiger partial charge in [0.1, 0.15) is 17.0 Å². The van der Waals surface area contributed by atoms with Crippen molar-refractivity contribution in [1.29, 1.82) is 5.26 Å². The standard InChI is InChI=1S/C31H30N6O3S/c1-17-15-20(40-19-5-3-2-4-6-19)7-8-21(17)31(35)22-9-10-23(33)27-24(22)25(26(34)29(31)38)28(41-27)30(39)36-18-11-13-37(16-32)14-12-18/h2-10,15,18,26H,11-14,33-35H2,1H3,(H,36,39). The van der Waals surface area contributed by atoms with Gasteiger partial charge in [0, 0.05) is 35.8 Å². The van der Waals surface area contributed by atoms with Gasteiger partial charge in [0.15, 0.2) is 12.0 Å². The highest BCUT2D eigenvalue weighted by molar-refractivity contribution is 7.21. The molecule has 2 unspecified atom stereocenters. The number of nitrogens with two attached hydrogens (primary N) is 3. The molecule has 1 amide bonds. The van der Waals surface area contributed by atoms with Gasteiger partial charge in [0.05, 0.1) is 15.6 Å². The minimum Gasteiger partial charge on any atom is -0.457 e. The smallest absolute Gasteiger partial charge is 0.261 e. The third-order valence-corrected chi connectivity index (χ3v) is 9.35. The maximum Gasteiger partial charge on any atom is 0.261 e. The summed E-state index contributed by atoms with van der Waals surface area (Å²) in [6.45, 7) is 3.05. The zero-order chi connectivity index (χ0) is 28.9. The number of anilines is 1. The Balaban J connectivity index is 1.40. The average Bonchev–Trinajstić information content (AvgIpc) is 3.38. The van der Waals surface area contributed by atoms with Gasteiger partial charge in [-0.3, -0.25) is 9.59 Å². The van der Waals surface area contributed by atoms with E-state index in [1.165, 1.54) is 11.3 Å². The molecule has 10 heteroatoms. The number of thiophene rings is 1. The maximum absolute atomic E-state index is 14.1. The number of nitrogens with one attached hydrogen (secondary N) is 1. The molecule has 0 radical (unpaired) electrons. The van der Waals surface area contributed by atoms with Gasteiger partial charge in [0.2, 0.25) is 0 Å². The highest BCUT2D eigenvalue weighted by atomic mass is 32.1. The van der Waals surface area contributed by atoms with Crippen molar-refractivity contribution in [2.45, 2.75) is 37.4 Å². The summed E-state index contributed by atoms with van der Waals surface area (Å²) in [4.78, 5) is 29.7. The monoisotopic (exact) mass is 566 g/mol. The number of carbonyl (C=O) groups is 2. The molecule has 2 heterocycles. The number of amides is 1. The summed E-state index contributed by atoms with van der Waals surface area (Å²) in [6.07, 6.45) is 3.47. The van der Waals surface area contributed by atoms with E-state index in [1.54, 1.807) is 29.2 Å². The molecule has 0 bridgehead atoms. The molecule has 1 aliphatic heterocycles. The predicted octanol–water partition coefficient (Wildman–Crippen LogP) is 4.04. The second kappa shape index (κ2) is 10.2. The topological polar surface area (TPSA) is 160 Å². The number of carbonyl (C=O) groups excluding carboxylic acids is 2. The lowest BCUT2D eigenvalue weighted by Crippen LogP contribution is -2.53. The number of benzene rings is 3. The third kappa shape index (κ3) is 4.39. The Hall–Kier alpha value is -4.43. The van der Waals surface area contributed by atoms with Crippen LogP contribution in [0.5, 0.6) is 11.5 Å². The zero-order valence-electron chi connectivity index (χ0n) is 22.5. The van der Waals surface area contributed by atoms with E-state index >= 15 is 0 Å². The van der Waals surface area contributed by atoms with Crippen LogP contribution in [0.15, 0.2) is 60.7 Å². The van der Waals surface area contributed by atoms with Gasteiger partial charge in [-0.15, -0.1) is 11.3 Å². The molecule has 6 rings (SSSR count). The molecule has 1 aliphatic carbocycles. The summed E-state index contributed by atoms with van der Waals surface area (Å²) < 4.78 is 6.67. The largest absolute Gasteiger partial charge is 0.457 e. The van der Waals surface area contributed by atoms with Crippen molar-refractivity contribution in [3.63, 3.8) is 0 Å². The van der Waals surface area contributed by atoms with E-state index in [9.17, 15) is 9.59 Å². The van der Waals surface area contributed by atoms with E-state index in [0.717, 1.165) is 5.56 Å². The van der Waals surface area contributed by atoms with Crippen LogP contribution >= 0.6 is 11.3 Å². The van der Waals surface area contributed by atoms with Crippen LogP contribution in [0.3, 0.4) is 0 Å². The van der Waals surface area contributed by atoms with E-state index in [-0.39, 0.29) is 11.9 Å². The molecule has 1 saturated heterocycles. The first-order valence-corrected chi connectivity index (χ1v) is 14.3. The number of Topliss-reactive ketones (excluding diaryl/α,β-unsaturated/α-hetero) is 1. The van der Waals surface area contributed by atoms with Crippen molar-refractivity contribution in [2.24, 2.45) is 11.5 Å². The second-order valence-corrected chi connectivity index (χ2v) is 11.6. The van der Waals surface area contributed by atoms with Gasteiger partial charge in [-0.2, -0.15) is 5.26 Å². The van der Waals surface area contributed by atoms with Crippen molar-refractivity contribution < 1.29 is 14.3 Å². The van der Waals surface area contributed by atoms with E-state index in [4.69, 9.17) is 27.2 Å². The van der Waals surface area contributed by atoms with E-state index in [1.807, 2.05) is 43.3 Å². The number of hydrogen-bond donors (Lipinski definition) is 4. The zero-order valence-corrected chi connectivity index (χ0v) is 23.3. The number of likely N-dealkylation sites (tertiary alicyclic amines) is 1. The lowest BCUT2D eigenvalue weighted by molar-refractivity contribution is -0.124. The lowest BCUT2D eigenvalue weighted by Gasteiger charge is -2.37. The fourth-order valence-electron chi connectivity index (χ4n) is 5.97. The van der Waals surface area contributed by atoms with Crippen LogP contribution < -0.4 is 27.3 Å². The van der Waals surface area contributed by atoms with Gasteiger partial charge in [0.25, 0.3) is 5.91 Å². The Bertz CT molecular complexity index is 1720. The van der Waals surface area contributed by atoms with Gasteiger partial charge >= 0.3 is 0 Å². The molecule has 41 heavy (non-hydrogen) atoms. The Labute approximate surface area is 241 Å². The minimum absolute atomic E-state index is 0.0790. The number of nitriles is 1. The van der Waals surface area contributed by atoms with Gasteiger partial charge < -0.3 is 32.2 Å². The first-order valence-electron chi connectivity index (χ1n) is 13.5. The fourth-order valence-corrected chi connectivity index (χ4v) is 7.17. The Kier molecular flexibility index (Phi) is 6.66. The summed E-state index contributed by atoms with van der Waals surface area (Å²) in [5.41, 5.74) is 21.4. The van der Waals surface area contributed by atoms with Crippen LogP contribution in [-0.4, -0.2) is 35.7 Å². The molecule has 7 N–H and O–H groups in total. The normalized spacial score (nSPS) is 20.6. The Morgan fingerprint density at radius 2 is 1.80 bits per heavy atom. The molecule has 9 nitrogen and oxygen atoms in total. The van der Waals surface area contributed by atoms with Crippen molar-refractivity contribution in [3.8, 4) is 17.7 Å². The average molecular weight is 567 g/mol. The highest BCUT2D eigenvalue weighted by Crippen LogP contribution is 2.50. The van der Waals surface area contributed by atoms with E-state index < -0.39 is 17.4 Å². The molecule has 208 valence electrons. The molecule has 0 saturated carbocycles. The number of nitrogen functional groups attached to an aromatic ring is 1. The minimum atomic E-state index is -1.55. The van der Waals surface area contributed by atoms with Crippen LogP contribution in [0.1, 0.15) is 50.8 Å². The summed E-state index contributed by atoms with van der Waals surface area (Å²) in [5.74, 6) is 0.619. The number of ether oxygens (including phenoxy) is 1. The van der Waals surface area contributed by atoms with Gasteiger partial charge in [-0.25, -0.2) is 0 Å². The predicted molar refractivity (Wildman–Crippen MR) is 159 cm³/mol. The molecular weight excluding hydrogens is 536 g/mol. The van der Waals surface area contributed by atoms with Crippen LogP contribution in [0.2, 0.25) is 0 Å². The number of hydrogen-bond acceptors (Lipinski definition) is 9.